The predicted octanol–water partition coefficient (Wildman–Crippen LogP) is 2.28. The van der Waals surface area contributed by atoms with Crippen molar-refractivity contribution in [3.8, 4) is 5.88 Å². The van der Waals surface area contributed by atoms with Gasteiger partial charge < -0.3 is 14.5 Å². The van der Waals surface area contributed by atoms with E-state index in [-0.39, 0.29) is 6.10 Å². The number of nitrogens with zero attached hydrogens (tertiary/aromatic N) is 2. The molecule has 5 heteroatoms. The summed E-state index contributed by atoms with van der Waals surface area (Å²) in [5.74, 6) is 1.39. The molecule has 0 fully saturated rings. The smallest absolute Gasteiger partial charge is 0.215 e. The van der Waals surface area contributed by atoms with Crippen LogP contribution in [0.3, 0.4) is 0 Å². The van der Waals surface area contributed by atoms with E-state index in [1.807, 2.05) is 32.9 Å². The lowest BCUT2D eigenvalue weighted by molar-refractivity contribution is 0.0618. The Hall–Kier alpha value is -1.62. The Morgan fingerprint density at radius 3 is 2.82 bits per heavy atom. The van der Waals surface area contributed by atoms with E-state index < -0.39 is 0 Å². The van der Waals surface area contributed by atoms with E-state index in [2.05, 4.69) is 15.0 Å². The number of hydrogen-bond acceptors (Lipinski definition) is 4. The summed E-state index contributed by atoms with van der Waals surface area (Å²) in [5.41, 5.74) is 1.56. The van der Waals surface area contributed by atoms with Gasteiger partial charge >= 0.3 is 0 Å². The molecule has 2 rings (SSSR count). The fourth-order valence-corrected chi connectivity index (χ4v) is 1.47. The van der Waals surface area contributed by atoms with Crippen LogP contribution in [0.15, 0.2) is 12.1 Å². The zero-order valence-electron chi connectivity index (χ0n) is 10.4. The van der Waals surface area contributed by atoms with Gasteiger partial charge in [-0.3, -0.25) is 0 Å². The van der Waals surface area contributed by atoms with E-state index >= 15 is 0 Å². The third-order valence-electron chi connectivity index (χ3n) is 2.21. The van der Waals surface area contributed by atoms with Gasteiger partial charge in [0.05, 0.1) is 18.2 Å². The number of imidazole rings is 1. The molecule has 0 atom stereocenters. The first-order valence-electron chi connectivity index (χ1n) is 5.79. The first-order valence-corrected chi connectivity index (χ1v) is 5.79. The van der Waals surface area contributed by atoms with Gasteiger partial charge in [0, 0.05) is 6.07 Å². The van der Waals surface area contributed by atoms with E-state index in [9.17, 15) is 0 Å². The molecule has 0 saturated carbocycles. The van der Waals surface area contributed by atoms with Crippen molar-refractivity contribution in [2.24, 2.45) is 0 Å². The number of H-pyrrole nitrogens is 1. The maximum absolute atomic E-state index is 5.48. The van der Waals surface area contributed by atoms with Gasteiger partial charge in [0.2, 0.25) is 5.88 Å². The van der Waals surface area contributed by atoms with Crippen LogP contribution in [0.5, 0.6) is 5.88 Å². The highest BCUT2D eigenvalue weighted by Gasteiger charge is 2.06. The lowest BCUT2D eigenvalue weighted by Gasteiger charge is -2.03. The molecule has 0 aliphatic heterocycles. The Morgan fingerprint density at radius 1 is 1.29 bits per heavy atom. The molecule has 0 radical (unpaired) electrons. The molecule has 0 amide bonds. The summed E-state index contributed by atoms with van der Waals surface area (Å²) in [6, 6.07) is 3.75. The van der Waals surface area contributed by atoms with Gasteiger partial charge in [-0.1, -0.05) is 0 Å². The monoisotopic (exact) mass is 235 g/mol. The molecule has 0 aliphatic carbocycles. The first-order chi connectivity index (χ1) is 8.19. The van der Waals surface area contributed by atoms with Crippen LogP contribution in [0.4, 0.5) is 0 Å². The van der Waals surface area contributed by atoms with Crippen LogP contribution in [0.2, 0.25) is 0 Å². The number of nitrogens with one attached hydrogen (secondary N) is 1. The minimum Gasteiger partial charge on any atom is -0.478 e. The Labute approximate surface area is 100 Å². The van der Waals surface area contributed by atoms with E-state index in [0.29, 0.717) is 24.7 Å². The average Bonchev–Trinajstić information content (AvgIpc) is 2.69. The summed E-state index contributed by atoms with van der Waals surface area (Å²) >= 11 is 0. The number of aromatic nitrogens is 3. The van der Waals surface area contributed by atoms with Gasteiger partial charge in [0.1, 0.15) is 12.4 Å². The lowest BCUT2D eigenvalue weighted by Crippen LogP contribution is -2.03. The maximum Gasteiger partial charge on any atom is 0.215 e. The fraction of sp³-hybridized carbons (Fsp3) is 0.500. The molecule has 0 aliphatic rings. The molecule has 1 N–H and O–H groups in total. The van der Waals surface area contributed by atoms with E-state index in [0.717, 1.165) is 11.3 Å². The second-order valence-corrected chi connectivity index (χ2v) is 4.00. The highest BCUT2D eigenvalue weighted by atomic mass is 16.5. The fourth-order valence-electron chi connectivity index (χ4n) is 1.47. The summed E-state index contributed by atoms with van der Waals surface area (Å²) in [7, 11) is 0. The highest BCUT2D eigenvalue weighted by molar-refractivity contribution is 5.71. The summed E-state index contributed by atoms with van der Waals surface area (Å²) in [5, 5.41) is 0. The number of rotatable bonds is 5. The predicted molar refractivity (Wildman–Crippen MR) is 65.0 cm³/mol. The Balaban J connectivity index is 2.18. The molecule has 5 nitrogen and oxygen atoms in total. The van der Waals surface area contributed by atoms with Crippen LogP contribution in [0.25, 0.3) is 11.2 Å². The Kier molecular flexibility index (Phi) is 3.58. The standard InChI is InChI=1S/C12H17N3O2/c1-4-16-11-6-5-9-12(15-11)14-10(13-9)7-17-8(2)3/h5-6,8H,4,7H2,1-3H3,(H,13,14,15). The summed E-state index contributed by atoms with van der Waals surface area (Å²) in [4.78, 5) is 11.8. The second-order valence-electron chi connectivity index (χ2n) is 4.00. The van der Waals surface area contributed by atoms with Gasteiger partial charge in [0.15, 0.2) is 5.65 Å². The van der Waals surface area contributed by atoms with Crippen LogP contribution >= 0.6 is 0 Å². The molecule has 17 heavy (non-hydrogen) atoms. The number of ether oxygens (including phenoxy) is 2. The van der Waals surface area contributed by atoms with Crippen LogP contribution in [-0.4, -0.2) is 27.7 Å². The van der Waals surface area contributed by atoms with Gasteiger partial charge in [-0.15, -0.1) is 0 Å². The van der Waals surface area contributed by atoms with Gasteiger partial charge in [-0.25, -0.2) is 4.98 Å². The van der Waals surface area contributed by atoms with Crippen molar-refractivity contribution < 1.29 is 9.47 Å². The summed E-state index contributed by atoms with van der Waals surface area (Å²) in [6.45, 7) is 6.99. The average molecular weight is 235 g/mol. The normalized spacial score (nSPS) is 11.3. The van der Waals surface area contributed by atoms with Crippen molar-refractivity contribution in [3.63, 3.8) is 0 Å². The van der Waals surface area contributed by atoms with Crippen LogP contribution in [0, 0.1) is 0 Å². The minimum atomic E-state index is 0.190. The highest BCUT2D eigenvalue weighted by Crippen LogP contribution is 2.15. The molecular weight excluding hydrogens is 218 g/mol. The van der Waals surface area contributed by atoms with Gasteiger partial charge in [-0.05, 0) is 26.8 Å². The van der Waals surface area contributed by atoms with Crippen LogP contribution < -0.4 is 4.74 Å². The van der Waals surface area contributed by atoms with Crippen molar-refractivity contribution in [2.75, 3.05) is 6.61 Å². The Morgan fingerprint density at radius 2 is 2.12 bits per heavy atom. The number of fused-ring (bicyclic) bond motifs is 1. The van der Waals surface area contributed by atoms with Crippen molar-refractivity contribution >= 4 is 11.2 Å². The molecular formula is C12H17N3O2. The molecule has 2 heterocycles. The molecule has 0 aromatic carbocycles. The van der Waals surface area contributed by atoms with E-state index in [4.69, 9.17) is 9.47 Å². The SMILES string of the molecule is CCOc1ccc2[nH]c(COC(C)C)nc2n1. The molecule has 92 valence electrons. The third kappa shape index (κ3) is 2.94. The minimum absolute atomic E-state index is 0.190. The first kappa shape index (κ1) is 11.9. The topological polar surface area (TPSA) is 60.0 Å². The summed E-state index contributed by atoms with van der Waals surface area (Å²) < 4.78 is 10.8. The molecule has 0 spiro atoms. The maximum atomic E-state index is 5.48. The molecule has 0 bridgehead atoms. The third-order valence-corrected chi connectivity index (χ3v) is 2.21. The second kappa shape index (κ2) is 5.14. The summed E-state index contributed by atoms with van der Waals surface area (Å²) in [6.07, 6.45) is 0.190. The van der Waals surface area contributed by atoms with Crippen molar-refractivity contribution in [1.29, 1.82) is 0 Å². The van der Waals surface area contributed by atoms with E-state index in [1.165, 1.54) is 0 Å². The molecule has 2 aromatic rings. The van der Waals surface area contributed by atoms with Crippen molar-refractivity contribution in [1.82, 2.24) is 15.0 Å². The van der Waals surface area contributed by atoms with Gasteiger partial charge in [-0.2, -0.15) is 4.98 Å². The number of pyridine rings is 1. The Bertz CT molecular complexity index is 493. The van der Waals surface area contributed by atoms with Crippen molar-refractivity contribution in [2.45, 2.75) is 33.5 Å². The van der Waals surface area contributed by atoms with Gasteiger partial charge in [0.25, 0.3) is 0 Å². The molecule has 0 unspecified atom stereocenters. The lowest BCUT2D eigenvalue weighted by atomic mass is 10.4. The van der Waals surface area contributed by atoms with E-state index in [1.54, 1.807) is 0 Å². The quantitative estimate of drug-likeness (QED) is 0.863. The zero-order valence-corrected chi connectivity index (χ0v) is 10.4. The zero-order chi connectivity index (χ0) is 12.3. The van der Waals surface area contributed by atoms with Crippen molar-refractivity contribution in [3.05, 3.63) is 18.0 Å². The largest absolute Gasteiger partial charge is 0.478 e. The molecule has 2 aromatic heterocycles. The molecule has 0 saturated heterocycles. The van der Waals surface area contributed by atoms with Crippen LogP contribution in [-0.2, 0) is 11.3 Å². The van der Waals surface area contributed by atoms with Crippen LogP contribution in [0.1, 0.15) is 26.6 Å². The number of aromatic amines is 1. The number of hydrogen-bond donors (Lipinski definition) is 1.